The molecule has 352 valence electrons. The molecule has 0 fully saturated rings. The van der Waals surface area contributed by atoms with Crippen LogP contribution in [0.1, 0.15) is 50.2 Å². The third-order valence-corrected chi connectivity index (χ3v) is 12.9. The number of nitrogens with one attached hydrogen (secondary N) is 2. The van der Waals surface area contributed by atoms with E-state index in [4.69, 9.17) is 0 Å². The number of hydrogen-bond donors (Lipinski definition) is 3. The van der Waals surface area contributed by atoms with Crippen LogP contribution >= 0.6 is 12.6 Å². The van der Waals surface area contributed by atoms with Gasteiger partial charge >= 0.3 is 0 Å². The fourth-order valence-corrected chi connectivity index (χ4v) is 8.81. The number of nitro benzene ring substituents is 2. The molecule has 16 heteroatoms. The number of hydrogen-bond acceptors (Lipinski definition) is 11. The highest BCUT2D eigenvalue weighted by molar-refractivity contribution is 7.80. The van der Waals surface area contributed by atoms with Crippen molar-refractivity contribution in [1.82, 2.24) is 10.6 Å². The average Bonchev–Trinajstić information content (AvgIpc) is 3.36. The summed E-state index contributed by atoms with van der Waals surface area (Å²) in [5.41, 5.74) is 3.24. The summed E-state index contributed by atoms with van der Waals surface area (Å²) in [5.74, 6) is -1.34. The van der Waals surface area contributed by atoms with Crippen molar-refractivity contribution in [2.75, 3.05) is 0 Å². The minimum absolute atomic E-state index is 0.0320. The summed E-state index contributed by atoms with van der Waals surface area (Å²) < 4.78 is 23.3. The molecule has 70 heavy (non-hydrogen) atoms. The van der Waals surface area contributed by atoms with Gasteiger partial charge in [-0.15, -0.1) is 12.6 Å². The van der Waals surface area contributed by atoms with E-state index in [1.807, 2.05) is 91.0 Å². The van der Waals surface area contributed by atoms with Gasteiger partial charge in [-0.05, 0) is 74.8 Å². The minimum atomic E-state index is -2.47. The number of carbonyl (C=O) groups is 4. The Morgan fingerprint density at radius 1 is 0.571 bits per heavy atom. The van der Waals surface area contributed by atoms with E-state index < -0.39 is 38.1 Å². The van der Waals surface area contributed by atoms with Gasteiger partial charge in [0.25, 0.3) is 23.2 Å². The first kappa shape index (κ1) is 49.6. The molecule has 0 heterocycles. The van der Waals surface area contributed by atoms with Gasteiger partial charge in [0, 0.05) is 59.6 Å². The first-order chi connectivity index (χ1) is 33.7. The van der Waals surface area contributed by atoms with E-state index in [0.717, 1.165) is 27.1 Å². The van der Waals surface area contributed by atoms with Gasteiger partial charge < -0.3 is 10.6 Å². The Bertz CT molecular complexity index is 3350. The molecule has 0 aromatic heterocycles. The van der Waals surface area contributed by atoms with Crippen LogP contribution in [-0.2, 0) is 39.1 Å². The monoisotopic (exact) mass is 972 g/mol. The predicted octanol–water partition coefficient (Wildman–Crippen LogP) is 9.18. The number of ketones is 2. The van der Waals surface area contributed by atoms with Crippen LogP contribution in [0.5, 0.6) is 0 Å². The highest BCUT2D eigenvalue weighted by Crippen LogP contribution is 2.23. The lowest BCUT2D eigenvalue weighted by Crippen LogP contribution is -2.43. The number of fused-ring (bicyclic) bond motifs is 2. The Kier molecular flexibility index (Phi) is 16.4. The van der Waals surface area contributed by atoms with E-state index in [1.54, 1.807) is 48.6 Å². The molecular formula is C54H44N4O10S2. The number of carbonyl (C=O) groups excluding carboxylic acids is 4. The summed E-state index contributed by atoms with van der Waals surface area (Å²) in [4.78, 5) is 75.1. The lowest BCUT2D eigenvalue weighted by molar-refractivity contribution is -0.385. The summed E-state index contributed by atoms with van der Waals surface area (Å²) >= 11 is 4.43. The van der Waals surface area contributed by atoms with Crippen molar-refractivity contribution in [2.45, 2.75) is 49.1 Å². The summed E-state index contributed by atoms with van der Waals surface area (Å²) in [5, 5.41) is 31.0. The maximum atomic E-state index is 13.4. The second-order valence-corrected chi connectivity index (χ2v) is 17.7. The van der Waals surface area contributed by atoms with E-state index in [9.17, 15) is 47.8 Å². The van der Waals surface area contributed by atoms with Crippen molar-refractivity contribution in [2.24, 2.45) is 0 Å². The Morgan fingerprint density at radius 3 is 1.49 bits per heavy atom. The van der Waals surface area contributed by atoms with Crippen LogP contribution in [0, 0.1) is 20.2 Å². The van der Waals surface area contributed by atoms with Gasteiger partial charge in [0.15, 0.2) is 11.6 Å². The van der Waals surface area contributed by atoms with Crippen molar-refractivity contribution < 1.29 is 37.4 Å². The quantitative estimate of drug-likeness (QED) is 0.0361. The van der Waals surface area contributed by atoms with E-state index >= 15 is 0 Å². The minimum Gasteiger partial charge on any atom is -0.342 e. The molecule has 1 aliphatic carbocycles. The molecule has 0 saturated heterocycles. The lowest BCUT2D eigenvalue weighted by atomic mass is 9.93. The maximum Gasteiger partial charge on any atom is 0.269 e. The van der Waals surface area contributed by atoms with Crippen LogP contribution in [0.2, 0.25) is 0 Å². The van der Waals surface area contributed by atoms with Crippen molar-refractivity contribution in [1.29, 1.82) is 0 Å². The van der Waals surface area contributed by atoms with Crippen molar-refractivity contribution >= 4 is 84.1 Å². The van der Waals surface area contributed by atoms with Crippen LogP contribution in [0.3, 0.4) is 0 Å². The van der Waals surface area contributed by atoms with Crippen LogP contribution in [0.15, 0.2) is 186 Å². The molecule has 0 aliphatic heterocycles. The van der Waals surface area contributed by atoms with Gasteiger partial charge in [0.1, 0.15) is 0 Å². The first-order valence-corrected chi connectivity index (χ1v) is 23.4. The van der Waals surface area contributed by atoms with Gasteiger partial charge in [-0.1, -0.05) is 133 Å². The zero-order valence-corrected chi connectivity index (χ0v) is 39.0. The van der Waals surface area contributed by atoms with Crippen LogP contribution in [0.25, 0.3) is 21.5 Å². The number of nitrogens with zero attached hydrogens (tertiary/aromatic N) is 2. The average molecular weight is 973 g/mol. The van der Waals surface area contributed by atoms with Crippen LogP contribution < -0.4 is 10.6 Å². The topological polar surface area (TPSA) is 213 Å². The van der Waals surface area contributed by atoms with E-state index in [-0.39, 0.29) is 65.8 Å². The number of non-ortho nitro benzene ring substituents is 2. The first-order valence-electron chi connectivity index (χ1n) is 21.9. The van der Waals surface area contributed by atoms with Gasteiger partial charge in [-0.25, -0.2) is 0 Å². The summed E-state index contributed by atoms with van der Waals surface area (Å²) in [6.07, 6.45) is 5.39. The molecule has 0 spiro atoms. The van der Waals surface area contributed by atoms with Crippen molar-refractivity contribution in [3.8, 4) is 0 Å². The van der Waals surface area contributed by atoms with E-state index in [2.05, 4.69) is 23.3 Å². The Morgan fingerprint density at radius 2 is 1.01 bits per heavy atom. The molecule has 7 aromatic rings. The zero-order chi connectivity index (χ0) is 49.7. The molecular weight excluding hydrogens is 929 g/mol. The number of allylic oxidation sites excluding steroid dienone is 4. The fraction of sp³-hybridized carbons (Fsp3) is 0.130. The van der Waals surface area contributed by atoms with Gasteiger partial charge in [0.05, 0.1) is 26.8 Å². The second-order valence-electron chi connectivity index (χ2n) is 16.3. The smallest absolute Gasteiger partial charge is 0.269 e. The van der Waals surface area contributed by atoms with Crippen molar-refractivity contribution in [3.63, 3.8) is 0 Å². The Hall–Kier alpha value is -8.34. The van der Waals surface area contributed by atoms with E-state index in [0.29, 0.717) is 32.7 Å². The van der Waals surface area contributed by atoms with E-state index in [1.165, 1.54) is 36.4 Å². The molecule has 7 aromatic carbocycles. The largest absolute Gasteiger partial charge is 0.342 e. The maximum absolute atomic E-state index is 13.4. The molecule has 0 bridgehead atoms. The van der Waals surface area contributed by atoms with Gasteiger partial charge in [0.2, 0.25) is 10.3 Å². The second kappa shape index (κ2) is 23.1. The van der Waals surface area contributed by atoms with Crippen LogP contribution in [0.4, 0.5) is 11.4 Å². The third-order valence-electron chi connectivity index (χ3n) is 11.6. The lowest BCUT2D eigenvalue weighted by Gasteiger charge is -2.20. The molecule has 2 atom stereocenters. The van der Waals surface area contributed by atoms with Gasteiger partial charge in [-0.3, -0.25) is 39.4 Å². The highest BCUT2D eigenvalue weighted by Gasteiger charge is 2.27. The SMILES string of the molecule is O=C(NC(Cc1ccc([N+](=O)[O-])cc1)C(=O)CC1=CC=CCC1=S(=O)=O)c1cccc2ccccc12.O=C(N[C@@H](Cc1ccc([N+](=O)[O-])cc1)C(=O)Cc1ccccc1S)c1cccc2ccccc12. The molecule has 0 radical (unpaired) electrons. The van der Waals surface area contributed by atoms with Gasteiger partial charge in [-0.2, -0.15) is 8.42 Å². The highest BCUT2D eigenvalue weighted by atomic mass is 32.2. The molecule has 1 unspecified atom stereocenters. The number of rotatable bonds is 16. The summed E-state index contributed by atoms with van der Waals surface area (Å²) in [6.45, 7) is 0. The fourth-order valence-electron chi connectivity index (χ4n) is 7.99. The molecule has 2 N–H and O–H groups in total. The summed E-state index contributed by atoms with van der Waals surface area (Å²) in [6, 6.07) is 43.0. The number of nitro groups is 2. The number of amides is 2. The molecule has 8 rings (SSSR count). The standard InChI is InChI=1S/C27H22N2O6S.C27H22N2O4S/c30-25(17-20-7-2-4-11-26(20)36(34)35)24(16-18-12-14-21(15-13-18)29(32)33)28-27(31)23-10-5-8-19-6-1-3-9-22(19)23;30-25(17-20-7-2-4-11-26(20)34)24(16-18-12-14-21(15-13-18)29(32)33)28-27(31)23-10-5-8-19-6-1-3-9-22(19)23/h1-10,12-15,24H,11,16-17H2,(H,28,31);1-15,24,34H,16-17H2,(H,28,31)/t;24-/m.0/s1. The molecule has 14 nitrogen and oxygen atoms in total. The zero-order valence-electron chi connectivity index (χ0n) is 37.3. The molecule has 1 aliphatic rings. The van der Waals surface area contributed by atoms with Crippen molar-refractivity contribution in [3.05, 3.63) is 230 Å². The normalized spacial score (nSPS) is 12.7. The third kappa shape index (κ3) is 12.6. The Balaban J connectivity index is 0.000000207. The molecule has 0 saturated carbocycles. The Labute approximate surface area is 409 Å². The predicted molar refractivity (Wildman–Crippen MR) is 272 cm³/mol. The van der Waals surface area contributed by atoms with Crippen LogP contribution in [-0.4, -0.2) is 58.6 Å². The summed E-state index contributed by atoms with van der Waals surface area (Å²) in [7, 11) is -2.47. The molecule has 2 amide bonds. The number of Topliss-reactive ketones (excluding diaryl/α,β-unsaturated/α-hetero) is 2. The number of benzene rings is 7. The number of thiol groups is 1.